The van der Waals surface area contributed by atoms with Crippen molar-refractivity contribution in [3.63, 3.8) is 0 Å². The van der Waals surface area contributed by atoms with Crippen LogP contribution < -0.4 is 16.0 Å². The lowest BCUT2D eigenvalue weighted by atomic mass is 10.1. The van der Waals surface area contributed by atoms with Crippen molar-refractivity contribution in [1.29, 1.82) is 0 Å². The van der Waals surface area contributed by atoms with Gasteiger partial charge in [-0.15, -0.1) is 0 Å². The molecule has 4 aromatic rings. The Hall–Kier alpha value is -3.95. The van der Waals surface area contributed by atoms with E-state index in [4.69, 9.17) is 16.3 Å². The Balaban J connectivity index is 1.45. The maximum Gasteiger partial charge on any atom is 0.325 e. The maximum absolute atomic E-state index is 12.8. The van der Waals surface area contributed by atoms with E-state index >= 15 is 0 Å². The van der Waals surface area contributed by atoms with E-state index in [-0.39, 0.29) is 24.9 Å². The van der Waals surface area contributed by atoms with E-state index in [2.05, 4.69) is 20.9 Å². The molecule has 1 heterocycles. The van der Waals surface area contributed by atoms with Crippen molar-refractivity contribution in [2.75, 3.05) is 22.6 Å². The summed E-state index contributed by atoms with van der Waals surface area (Å²) in [7, 11) is 0. The third kappa shape index (κ3) is 5.99. The highest BCUT2D eigenvalue weighted by molar-refractivity contribution is 7.22. The average molecular weight is 523 g/mol. The summed E-state index contributed by atoms with van der Waals surface area (Å²) in [5.41, 5.74) is 3.64. The Morgan fingerprint density at radius 3 is 2.58 bits per heavy atom. The Kier molecular flexibility index (Phi) is 7.82. The number of amides is 3. The second kappa shape index (κ2) is 11.2. The lowest BCUT2D eigenvalue weighted by Gasteiger charge is -2.10. The van der Waals surface area contributed by atoms with E-state index in [1.54, 1.807) is 55.5 Å². The van der Waals surface area contributed by atoms with Crippen molar-refractivity contribution in [3.05, 3.63) is 82.4 Å². The summed E-state index contributed by atoms with van der Waals surface area (Å²) in [5, 5.41) is 9.14. The van der Waals surface area contributed by atoms with Gasteiger partial charge in [0.05, 0.1) is 34.0 Å². The van der Waals surface area contributed by atoms with Crippen LogP contribution in [0.1, 0.15) is 28.4 Å². The van der Waals surface area contributed by atoms with Crippen molar-refractivity contribution >= 4 is 67.6 Å². The van der Waals surface area contributed by atoms with Gasteiger partial charge in [0.15, 0.2) is 5.13 Å². The van der Waals surface area contributed by atoms with Gasteiger partial charge in [0.2, 0.25) is 0 Å². The summed E-state index contributed by atoms with van der Waals surface area (Å²) in [6, 6.07) is 17.0. The number of hydrogen-bond donors (Lipinski definition) is 3. The number of esters is 1. The summed E-state index contributed by atoms with van der Waals surface area (Å²) in [5.74, 6) is -0.671. The lowest BCUT2D eigenvalue weighted by Crippen LogP contribution is -2.20. The molecule has 0 unspecified atom stereocenters. The number of urea groups is 1. The minimum atomic E-state index is -0.502. The smallest absolute Gasteiger partial charge is 0.325 e. The van der Waals surface area contributed by atoms with Gasteiger partial charge < -0.3 is 15.4 Å². The summed E-state index contributed by atoms with van der Waals surface area (Å²) in [6.07, 6.45) is 0.0456. The van der Waals surface area contributed by atoms with Crippen LogP contribution in [0.3, 0.4) is 0 Å². The maximum atomic E-state index is 12.8. The molecule has 8 nitrogen and oxygen atoms in total. The predicted molar refractivity (Wildman–Crippen MR) is 143 cm³/mol. The molecule has 0 spiro atoms. The molecule has 36 heavy (non-hydrogen) atoms. The van der Waals surface area contributed by atoms with E-state index in [1.807, 2.05) is 19.1 Å². The summed E-state index contributed by atoms with van der Waals surface area (Å²) >= 11 is 7.46. The molecule has 4 rings (SSSR count). The van der Waals surface area contributed by atoms with Crippen molar-refractivity contribution in [1.82, 2.24) is 4.98 Å². The third-order valence-corrected chi connectivity index (χ3v) is 6.49. The molecular formula is C26H23ClN4O4S. The number of nitrogens with one attached hydrogen (secondary N) is 3. The Morgan fingerprint density at radius 1 is 1.00 bits per heavy atom. The van der Waals surface area contributed by atoms with E-state index in [9.17, 15) is 14.4 Å². The highest BCUT2D eigenvalue weighted by Crippen LogP contribution is 2.29. The molecule has 0 aliphatic rings. The van der Waals surface area contributed by atoms with Crippen LogP contribution >= 0.6 is 22.9 Å². The van der Waals surface area contributed by atoms with Gasteiger partial charge in [-0.25, -0.2) is 9.78 Å². The van der Waals surface area contributed by atoms with Crippen LogP contribution in [-0.4, -0.2) is 29.5 Å². The first-order chi connectivity index (χ1) is 17.3. The van der Waals surface area contributed by atoms with Crippen molar-refractivity contribution < 1.29 is 19.1 Å². The SMILES string of the molecule is CCOC(=O)Cc1ccccc1NC(=O)Nc1nc2ccc(C(=O)Nc3c(C)cccc3Cl)cc2s1. The van der Waals surface area contributed by atoms with Gasteiger partial charge in [0, 0.05) is 11.3 Å². The molecule has 10 heteroatoms. The summed E-state index contributed by atoms with van der Waals surface area (Å²) in [6.45, 7) is 3.89. The third-order valence-electron chi connectivity index (χ3n) is 5.24. The van der Waals surface area contributed by atoms with E-state index in [0.29, 0.717) is 38.2 Å². The number of nitrogens with zero attached hydrogens (tertiary/aromatic N) is 1. The Labute approximate surface area is 216 Å². The number of carbonyl (C=O) groups is 3. The second-order valence-electron chi connectivity index (χ2n) is 7.81. The average Bonchev–Trinajstić information content (AvgIpc) is 3.24. The van der Waals surface area contributed by atoms with Crippen LogP contribution in [0.15, 0.2) is 60.7 Å². The quantitative estimate of drug-likeness (QED) is 0.248. The highest BCUT2D eigenvalue weighted by atomic mass is 35.5. The molecule has 0 saturated carbocycles. The number of ether oxygens (including phenoxy) is 1. The fraction of sp³-hybridized carbons (Fsp3) is 0.154. The van der Waals surface area contributed by atoms with E-state index in [0.717, 1.165) is 10.3 Å². The van der Waals surface area contributed by atoms with Crippen molar-refractivity contribution in [2.24, 2.45) is 0 Å². The molecule has 1 aromatic heterocycles. The van der Waals surface area contributed by atoms with Crippen molar-refractivity contribution in [2.45, 2.75) is 20.3 Å². The number of anilines is 3. The number of para-hydroxylation sites is 2. The van der Waals surface area contributed by atoms with Gasteiger partial charge in [-0.05, 0) is 55.3 Å². The van der Waals surface area contributed by atoms with Gasteiger partial charge in [0.1, 0.15) is 0 Å². The van der Waals surface area contributed by atoms with E-state index < -0.39 is 6.03 Å². The Morgan fingerprint density at radius 2 is 1.81 bits per heavy atom. The molecule has 3 amide bonds. The molecule has 0 fully saturated rings. The molecule has 0 atom stereocenters. The van der Waals surface area contributed by atoms with Gasteiger partial charge in [-0.1, -0.05) is 53.3 Å². The van der Waals surface area contributed by atoms with Crippen LogP contribution in [0.2, 0.25) is 5.02 Å². The standard InChI is InChI=1S/C26H23ClN4O4S/c1-3-35-22(32)14-16-8-4-5-10-19(16)28-25(34)31-26-29-20-12-11-17(13-21(20)36-26)24(33)30-23-15(2)7-6-9-18(23)27/h4-13H,3,14H2,1-2H3,(H,30,33)(H2,28,29,31,34). The molecule has 0 bridgehead atoms. The number of aromatic nitrogens is 1. The number of thiazole rings is 1. The zero-order chi connectivity index (χ0) is 25.7. The second-order valence-corrected chi connectivity index (χ2v) is 9.24. The number of carbonyl (C=O) groups excluding carboxylic acids is 3. The van der Waals surface area contributed by atoms with Crippen LogP contribution in [0, 0.1) is 6.92 Å². The fourth-order valence-corrected chi connectivity index (χ4v) is 4.68. The number of benzene rings is 3. The van der Waals surface area contributed by atoms with Crippen molar-refractivity contribution in [3.8, 4) is 0 Å². The molecule has 0 radical (unpaired) electrons. The molecule has 184 valence electrons. The number of halogens is 1. The van der Waals surface area contributed by atoms with Gasteiger partial charge in [-0.2, -0.15) is 0 Å². The molecule has 3 N–H and O–H groups in total. The number of fused-ring (bicyclic) bond motifs is 1. The van der Waals surface area contributed by atoms with Crippen LogP contribution in [0.4, 0.5) is 21.3 Å². The monoisotopic (exact) mass is 522 g/mol. The van der Waals surface area contributed by atoms with Gasteiger partial charge in [-0.3, -0.25) is 14.9 Å². The minimum absolute atomic E-state index is 0.0456. The summed E-state index contributed by atoms with van der Waals surface area (Å²) in [4.78, 5) is 41.7. The number of aryl methyl sites for hydroxylation is 1. The van der Waals surface area contributed by atoms with Crippen LogP contribution in [0.25, 0.3) is 10.2 Å². The zero-order valence-electron chi connectivity index (χ0n) is 19.6. The van der Waals surface area contributed by atoms with Gasteiger partial charge >= 0.3 is 12.0 Å². The van der Waals surface area contributed by atoms with Gasteiger partial charge in [0.25, 0.3) is 5.91 Å². The predicted octanol–water partition coefficient (Wildman–Crippen LogP) is 6.26. The topological polar surface area (TPSA) is 109 Å². The highest BCUT2D eigenvalue weighted by Gasteiger charge is 2.15. The minimum Gasteiger partial charge on any atom is -0.466 e. The zero-order valence-corrected chi connectivity index (χ0v) is 21.1. The Bertz CT molecular complexity index is 1430. The first kappa shape index (κ1) is 25.2. The summed E-state index contributed by atoms with van der Waals surface area (Å²) < 4.78 is 5.73. The molecule has 0 aliphatic carbocycles. The first-order valence-electron chi connectivity index (χ1n) is 11.1. The van der Waals surface area contributed by atoms with Crippen LogP contribution in [-0.2, 0) is 16.0 Å². The molecule has 3 aromatic carbocycles. The molecular weight excluding hydrogens is 500 g/mol. The fourth-order valence-electron chi connectivity index (χ4n) is 3.51. The normalized spacial score (nSPS) is 10.6. The first-order valence-corrected chi connectivity index (χ1v) is 12.3. The number of hydrogen-bond acceptors (Lipinski definition) is 6. The number of rotatable bonds is 7. The largest absolute Gasteiger partial charge is 0.466 e. The molecule has 0 aliphatic heterocycles. The molecule has 0 saturated heterocycles. The lowest BCUT2D eigenvalue weighted by molar-refractivity contribution is -0.142. The van der Waals surface area contributed by atoms with E-state index in [1.165, 1.54) is 11.3 Å². The van der Waals surface area contributed by atoms with Crippen LogP contribution in [0.5, 0.6) is 0 Å².